The zero-order valence-electron chi connectivity index (χ0n) is 18.0. The average Bonchev–Trinajstić information content (AvgIpc) is 2.84. The molecule has 0 radical (unpaired) electrons. The molecule has 1 amide bonds. The molecule has 2 aromatic carbocycles. The van der Waals surface area contributed by atoms with Crippen LogP contribution >= 0.6 is 0 Å². The molecule has 1 aliphatic rings. The summed E-state index contributed by atoms with van der Waals surface area (Å²) in [6.07, 6.45) is 1.71. The molecule has 178 valence electrons. The number of nitrogens with one attached hydrogen (secondary N) is 2. The Morgan fingerprint density at radius 1 is 1.03 bits per heavy atom. The number of rotatable bonds is 7. The van der Waals surface area contributed by atoms with Crippen LogP contribution in [0.3, 0.4) is 0 Å². The molecule has 2 heterocycles. The molecule has 0 bridgehead atoms. The van der Waals surface area contributed by atoms with E-state index in [0.29, 0.717) is 11.4 Å². The SMILES string of the molecule is CCS(=O)(=O)N1CC(C(=O)Nc2ccc(S(=O)(=O)Nc3ncccn3)cc2)Oc2ccccc21. The molecule has 1 atom stereocenters. The summed E-state index contributed by atoms with van der Waals surface area (Å²) >= 11 is 0. The molecule has 1 unspecified atom stereocenters. The van der Waals surface area contributed by atoms with Crippen molar-refractivity contribution in [3.05, 3.63) is 67.0 Å². The van der Waals surface area contributed by atoms with Crippen molar-refractivity contribution < 1.29 is 26.4 Å². The van der Waals surface area contributed by atoms with Crippen molar-refractivity contribution in [1.82, 2.24) is 9.97 Å². The maximum Gasteiger partial charge on any atom is 0.267 e. The standard InChI is InChI=1S/C21H21N5O6S2/c1-2-33(28,29)26-14-19(32-18-7-4-3-6-17(18)26)20(27)24-15-8-10-16(11-9-15)34(30,31)25-21-22-12-5-13-23-21/h3-13,19H,2,14H2,1H3,(H,24,27)(H,22,23,25). The first-order valence-corrected chi connectivity index (χ1v) is 13.3. The number of hydrogen-bond donors (Lipinski definition) is 2. The normalized spacial score (nSPS) is 15.7. The molecule has 0 saturated carbocycles. The number of sulfonamides is 2. The summed E-state index contributed by atoms with van der Waals surface area (Å²) in [6.45, 7) is 1.34. The predicted octanol–water partition coefficient (Wildman–Crippen LogP) is 1.83. The van der Waals surface area contributed by atoms with E-state index in [1.54, 1.807) is 30.3 Å². The molecule has 0 fully saturated rings. The zero-order chi connectivity index (χ0) is 24.3. The van der Waals surface area contributed by atoms with Crippen molar-refractivity contribution in [2.24, 2.45) is 0 Å². The van der Waals surface area contributed by atoms with Gasteiger partial charge in [-0.05, 0) is 49.4 Å². The Balaban J connectivity index is 1.49. The van der Waals surface area contributed by atoms with Gasteiger partial charge in [-0.3, -0.25) is 9.10 Å². The fourth-order valence-corrected chi connectivity index (χ4v) is 5.31. The molecule has 4 rings (SSSR count). The zero-order valence-corrected chi connectivity index (χ0v) is 19.6. The van der Waals surface area contributed by atoms with E-state index in [1.165, 1.54) is 47.9 Å². The number of carbonyl (C=O) groups is 1. The lowest BCUT2D eigenvalue weighted by atomic mass is 10.2. The Morgan fingerprint density at radius 3 is 2.38 bits per heavy atom. The summed E-state index contributed by atoms with van der Waals surface area (Å²) in [4.78, 5) is 20.5. The van der Waals surface area contributed by atoms with E-state index in [4.69, 9.17) is 4.74 Å². The van der Waals surface area contributed by atoms with Gasteiger partial charge < -0.3 is 10.1 Å². The molecule has 0 spiro atoms. The predicted molar refractivity (Wildman–Crippen MR) is 126 cm³/mol. The van der Waals surface area contributed by atoms with Crippen LogP contribution in [0.5, 0.6) is 5.75 Å². The number of fused-ring (bicyclic) bond motifs is 1. The Hall–Kier alpha value is -3.71. The lowest BCUT2D eigenvalue weighted by Crippen LogP contribution is -2.49. The summed E-state index contributed by atoms with van der Waals surface area (Å²) in [5, 5.41) is 2.64. The smallest absolute Gasteiger partial charge is 0.267 e. The Kier molecular flexibility index (Phi) is 6.39. The average molecular weight is 504 g/mol. The number of benzene rings is 2. The van der Waals surface area contributed by atoms with Crippen LogP contribution in [0.2, 0.25) is 0 Å². The van der Waals surface area contributed by atoms with E-state index >= 15 is 0 Å². The second kappa shape index (κ2) is 9.27. The topological polar surface area (TPSA) is 148 Å². The summed E-state index contributed by atoms with van der Waals surface area (Å²) in [7, 11) is -7.56. The molecule has 1 aromatic heterocycles. The molecule has 0 saturated heterocycles. The number of aromatic nitrogens is 2. The summed E-state index contributed by atoms with van der Waals surface area (Å²) in [5.41, 5.74) is 0.685. The third-order valence-corrected chi connectivity index (χ3v) is 8.04. The van der Waals surface area contributed by atoms with Crippen molar-refractivity contribution in [2.45, 2.75) is 17.9 Å². The van der Waals surface area contributed by atoms with Gasteiger partial charge >= 0.3 is 0 Å². The van der Waals surface area contributed by atoms with Crippen molar-refractivity contribution in [3.8, 4) is 5.75 Å². The van der Waals surface area contributed by atoms with Crippen LogP contribution in [0.1, 0.15) is 6.92 Å². The van der Waals surface area contributed by atoms with Gasteiger partial charge in [0.2, 0.25) is 16.0 Å². The van der Waals surface area contributed by atoms with Crippen LogP contribution < -0.4 is 19.1 Å². The first kappa shape index (κ1) is 23.4. The number of hydrogen-bond acceptors (Lipinski definition) is 8. The van der Waals surface area contributed by atoms with Crippen LogP contribution in [0.4, 0.5) is 17.3 Å². The lowest BCUT2D eigenvalue weighted by Gasteiger charge is -2.34. The molecule has 0 aliphatic carbocycles. The van der Waals surface area contributed by atoms with Gasteiger partial charge in [0, 0.05) is 18.1 Å². The molecule has 1 aliphatic heterocycles. The number of carbonyl (C=O) groups excluding carboxylic acids is 1. The Labute approximate surface area is 196 Å². The van der Waals surface area contributed by atoms with Crippen molar-refractivity contribution >= 4 is 43.3 Å². The van der Waals surface area contributed by atoms with Crippen molar-refractivity contribution in [3.63, 3.8) is 0 Å². The van der Waals surface area contributed by atoms with Gasteiger partial charge in [-0.1, -0.05) is 12.1 Å². The van der Waals surface area contributed by atoms with Crippen LogP contribution in [-0.2, 0) is 24.8 Å². The van der Waals surface area contributed by atoms with E-state index in [2.05, 4.69) is 20.0 Å². The maximum absolute atomic E-state index is 12.9. The Bertz CT molecular complexity index is 1400. The fraction of sp³-hybridized carbons (Fsp3) is 0.190. The largest absolute Gasteiger partial charge is 0.476 e. The maximum atomic E-state index is 12.9. The molecule has 2 N–H and O–H groups in total. The molecule has 11 nitrogen and oxygen atoms in total. The quantitative estimate of drug-likeness (QED) is 0.496. The number of anilines is 3. The van der Waals surface area contributed by atoms with E-state index in [9.17, 15) is 21.6 Å². The third-order valence-electron chi connectivity index (χ3n) is 4.95. The monoisotopic (exact) mass is 503 g/mol. The summed E-state index contributed by atoms with van der Waals surface area (Å²) in [5.74, 6) is -0.492. The minimum atomic E-state index is -3.92. The highest BCUT2D eigenvalue weighted by Gasteiger charge is 2.36. The third kappa shape index (κ3) is 4.94. The first-order valence-electron chi connectivity index (χ1n) is 10.2. The number of para-hydroxylation sites is 2. The highest BCUT2D eigenvalue weighted by atomic mass is 32.2. The van der Waals surface area contributed by atoms with Crippen molar-refractivity contribution in [1.29, 1.82) is 0 Å². The summed E-state index contributed by atoms with van der Waals surface area (Å²) < 4.78 is 59.3. The highest BCUT2D eigenvalue weighted by molar-refractivity contribution is 7.93. The van der Waals surface area contributed by atoms with Gasteiger partial charge in [0.25, 0.3) is 15.9 Å². The molecular formula is C21H21N5O6S2. The summed E-state index contributed by atoms with van der Waals surface area (Å²) in [6, 6.07) is 13.6. The highest BCUT2D eigenvalue weighted by Crippen LogP contribution is 2.35. The van der Waals surface area contributed by atoms with Gasteiger partial charge in [0.15, 0.2) is 6.10 Å². The molecular weight excluding hydrogens is 482 g/mol. The van der Waals surface area contributed by atoms with Gasteiger partial charge in [0.1, 0.15) is 5.75 Å². The van der Waals surface area contributed by atoms with Crippen LogP contribution in [0, 0.1) is 0 Å². The number of ether oxygens (including phenoxy) is 1. The van der Waals surface area contributed by atoms with Crippen molar-refractivity contribution in [2.75, 3.05) is 26.6 Å². The first-order chi connectivity index (χ1) is 16.2. The molecule has 3 aromatic rings. The second-order valence-electron chi connectivity index (χ2n) is 7.20. The minimum absolute atomic E-state index is 0.0546. The van der Waals surface area contributed by atoms with E-state index in [0.717, 1.165) is 0 Å². The van der Waals surface area contributed by atoms with Crippen LogP contribution in [0.25, 0.3) is 0 Å². The molecule has 34 heavy (non-hydrogen) atoms. The van der Waals surface area contributed by atoms with E-state index in [1.807, 2.05) is 0 Å². The number of amides is 1. The second-order valence-corrected chi connectivity index (χ2v) is 11.1. The van der Waals surface area contributed by atoms with Crippen LogP contribution in [0.15, 0.2) is 71.9 Å². The van der Waals surface area contributed by atoms with Crippen LogP contribution in [-0.4, -0.2) is 51.1 Å². The molecule has 13 heteroatoms. The van der Waals surface area contributed by atoms with E-state index in [-0.39, 0.29) is 28.9 Å². The minimum Gasteiger partial charge on any atom is -0.476 e. The number of nitrogens with zero attached hydrogens (tertiary/aromatic N) is 3. The van der Waals surface area contributed by atoms with Gasteiger partial charge in [-0.15, -0.1) is 0 Å². The van der Waals surface area contributed by atoms with E-state index < -0.39 is 32.1 Å². The van der Waals surface area contributed by atoms with Gasteiger partial charge in [-0.2, -0.15) is 0 Å². The lowest BCUT2D eigenvalue weighted by molar-refractivity contribution is -0.122. The van der Waals surface area contributed by atoms with Gasteiger partial charge in [-0.25, -0.2) is 31.5 Å². The Morgan fingerprint density at radius 2 is 1.71 bits per heavy atom. The fourth-order valence-electron chi connectivity index (χ4n) is 3.23. The van der Waals surface area contributed by atoms with Gasteiger partial charge in [0.05, 0.1) is 22.9 Å².